The Morgan fingerprint density at radius 1 is 1.25 bits per heavy atom. The van der Waals surface area contributed by atoms with Gasteiger partial charge in [-0.15, -0.1) is 0 Å². The average Bonchev–Trinajstić information content (AvgIpc) is 2.17. The van der Waals surface area contributed by atoms with Gasteiger partial charge >= 0.3 is 0 Å². The first-order chi connectivity index (χ1) is 5.90. The highest BCUT2D eigenvalue weighted by Crippen LogP contribution is 2.19. The van der Waals surface area contributed by atoms with Gasteiger partial charge in [0.25, 0.3) is 0 Å². The number of hydrogen-bond acceptors (Lipinski definition) is 1. The van der Waals surface area contributed by atoms with Crippen LogP contribution >= 0.6 is 0 Å². The molecule has 0 aliphatic carbocycles. The minimum absolute atomic E-state index is 0.855. The summed E-state index contributed by atoms with van der Waals surface area (Å²) >= 11 is 0. The predicted molar refractivity (Wildman–Crippen MR) is 49.3 cm³/mol. The molecule has 0 bridgehead atoms. The molecule has 0 amide bonds. The molecule has 0 fully saturated rings. The summed E-state index contributed by atoms with van der Waals surface area (Å²) in [6.45, 7) is 0. The number of ether oxygens (including phenoxy) is 1. The third-order valence-corrected chi connectivity index (χ3v) is 1.86. The Kier molecular flexibility index (Phi) is 1.71. The van der Waals surface area contributed by atoms with Crippen molar-refractivity contribution < 1.29 is 4.74 Å². The van der Waals surface area contributed by atoms with Crippen molar-refractivity contribution >= 4 is 10.8 Å². The molecule has 0 heterocycles. The van der Waals surface area contributed by atoms with Gasteiger partial charge in [0.05, 0.1) is 7.11 Å². The molecule has 0 atom stereocenters. The predicted octanol–water partition coefficient (Wildman–Crippen LogP) is 2.65. The lowest BCUT2D eigenvalue weighted by molar-refractivity contribution is 0.415. The highest BCUT2D eigenvalue weighted by atomic mass is 16.5. The van der Waals surface area contributed by atoms with Crippen molar-refractivity contribution in [3.05, 3.63) is 42.5 Å². The topological polar surface area (TPSA) is 9.23 Å². The summed E-state index contributed by atoms with van der Waals surface area (Å²) in [6.07, 6.45) is 0. The quantitative estimate of drug-likeness (QED) is 0.618. The van der Waals surface area contributed by atoms with Crippen LogP contribution in [0.25, 0.3) is 10.8 Å². The molecule has 0 unspecified atom stereocenters. The second kappa shape index (κ2) is 2.86. The normalized spacial score (nSPS) is 10.1. The van der Waals surface area contributed by atoms with E-state index in [0.717, 1.165) is 16.5 Å². The van der Waals surface area contributed by atoms with Gasteiger partial charge in [0.1, 0.15) is 5.75 Å². The molecule has 0 aliphatic heterocycles. The summed E-state index contributed by atoms with van der Waals surface area (Å²) in [5.74, 6) is 0.855. The number of methoxy groups -OCH3 is 1. The van der Waals surface area contributed by atoms with Gasteiger partial charge in [-0.25, -0.2) is 0 Å². The fourth-order valence-electron chi connectivity index (χ4n) is 1.22. The van der Waals surface area contributed by atoms with E-state index < -0.39 is 0 Å². The third-order valence-electron chi connectivity index (χ3n) is 1.86. The van der Waals surface area contributed by atoms with Gasteiger partial charge in [-0.1, -0.05) is 24.3 Å². The van der Waals surface area contributed by atoms with Crippen molar-refractivity contribution in [3.8, 4) is 5.75 Å². The molecular weight excluding hydrogens is 148 g/mol. The molecule has 0 saturated carbocycles. The smallest absolute Gasteiger partial charge is 0.120 e. The standard InChI is InChI=1S/C11H9O/c1-12-11-7-6-9-4-2-3-5-10(9)8-11/h2-5,7-8H,1H3. The van der Waals surface area contributed by atoms with E-state index in [9.17, 15) is 0 Å². The van der Waals surface area contributed by atoms with Crippen LogP contribution in [0.3, 0.4) is 0 Å². The second-order valence-electron chi connectivity index (χ2n) is 2.63. The highest BCUT2D eigenvalue weighted by Gasteiger charge is 1.93. The molecule has 0 spiro atoms. The van der Waals surface area contributed by atoms with Crippen LogP contribution in [0.4, 0.5) is 0 Å². The zero-order valence-electron chi connectivity index (χ0n) is 6.87. The van der Waals surface area contributed by atoms with Gasteiger partial charge < -0.3 is 4.74 Å². The van der Waals surface area contributed by atoms with Crippen LogP contribution in [0.5, 0.6) is 5.75 Å². The monoisotopic (exact) mass is 157 g/mol. The fraction of sp³-hybridized carbons (Fsp3) is 0.0909. The second-order valence-corrected chi connectivity index (χ2v) is 2.63. The first kappa shape index (κ1) is 7.17. The lowest BCUT2D eigenvalue weighted by atomic mass is 10.1. The molecule has 2 aromatic rings. The van der Waals surface area contributed by atoms with Gasteiger partial charge in [-0.2, -0.15) is 0 Å². The van der Waals surface area contributed by atoms with Crippen molar-refractivity contribution in [3.63, 3.8) is 0 Å². The molecule has 12 heavy (non-hydrogen) atoms. The van der Waals surface area contributed by atoms with Crippen LogP contribution in [-0.4, -0.2) is 7.11 Å². The minimum Gasteiger partial charge on any atom is -0.497 e. The van der Waals surface area contributed by atoms with E-state index in [-0.39, 0.29) is 0 Å². The highest BCUT2D eigenvalue weighted by molar-refractivity contribution is 5.83. The summed E-state index contributed by atoms with van der Waals surface area (Å²) in [7, 11) is 1.66. The van der Waals surface area contributed by atoms with E-state index >= 15 is 0 Å². The largest absolute Gasteiger partial charge is 0.497 e. The molecule has 1 radical (unpaired) electrons. The van der Waals surface area contributed by atoms with E-state index in [4.69, 9.17) is 4.74 Å². The van der Waals surface area contributed by atoms with Crippen LogP contribution in [0.15, 0.2) is 36.4 Å². The molecule has 2 aromatic carbocycles. The maximum Gasteiger partial charge on any atom is 0.120 e. The van der Waals surface area contributed by atoms with E-state index in [1.54, 1.807) is 7.11 Å². The molecule has 0 saturated heterocycles. The molecule has 2 rings (SSSR count). The average molecular weight is 157 g/mol. The first-order valence-electron chi connectivity index (χ1n) is 3.84. The minimum atomic E-state index is 0.855. The Labute approximate surface area is 71.6 Å². The van der Waals surface area contributed by atoms with Crippen molar-refractivity contribution in [1.82, 2.24) is 0 Å². The van der Waals surface area contributed by atoms with Gasteiger partial charge in [0.15, 0.2) is 0 Å². The summed E-state index contributed by atoms with van der Waals surface area (Å²) in [6, 6.07) is 15.1. The third kappa shape index (κ3) is 1.14. The Balaban J connectivity index is 2.67. The van der Waals surface area contributed by atoms with Crippen molar-refractivity contribution in [2.24, 2.45) is 0 Å². The van der Waals surface area contributed by atoms with Gasteiger partial charge in [0.2, 0.25) is 0 Å². The van der Waals surface area contributed by atoms with E-state index in [2.05, 4.69) is 6.07 Å². The SMILES string of the molecule is COc1c[c]c2ccccc2c1. The Morgan fingerprint density at radius 2 is 2.08 bits per heavy atom. The van der Waals surface area contributed by atoms with E-state index in [1.165, 1.54) is 0 Å². The lowest BCUT2D eigenvalue weighted by Crippen LogP contribution is -1.81. The maximum absolute atomic E-state index is 5.09. The summed E-state index contributed by atoms with van der Waals surface area (Å²) < 4.78 is 5.09. The molecule has 59 valence electrons. The van der Waals surface area contributed by atoms with Gasteiger partial charge in [-0.05, 0) is 29.0 Å². The number of hydrogen-bond donors (Lipinski definition) is 0. The fourth-order valence-corrected chi connectivity index (χ4v) is 1.22. The molecular formula is C11H9O. The molecule has 0 aliphatic rings. The molecule has 0 N–H and O–H groups in total. The molecule has 1 heteroatoms. The van der Waals surface area contributed by atoms with Crippen LogP contribution < -0.4 is 4.74 Å². The first-order valence-corrected chi connectivity index (χ1v) is 3.84. The van der Waals surface area contributed by atoms with Gasteiger partial charge in [-0.3, -0.25) is 0 Å². The Bertz CT molecular complexity index is 393. The van der Waals surface area contributed by atoms with Crippen LogP contribution in [0.1, 0.15) is 0 Å². The van der Waals surface area contributed by atoms with Crippen LogP contribution in [-0.2, 0) is 0 Å². The summed E-state index contributed by atoms with van der Waals surface area (Å²) in [5.41, 5.74) is 0. The van der Waals surface area contributed by atoms with Crippen molar-refractivity contribution in [1.29, 1.82) is 0 Å². The number of benzene rings is 2. The summed E-state index contributed by atoms with van der Waals surface area (Å²) in [5, 5.41) is 2.29. The van der Waals surface area contributed by atoms with E-state index in [0.29, 0.717) is 0 Å². The lowest BCUT2D eigenvalue weighted by Gasteiger charge is -2.00. The summed E-state index contributed by atoms with van der Waals surface area (Å²) in [4.78, 5) is 0. The number of fused-ring (bicyclic) bond motifs is 1. The van der Waals surface area contributed by atoms with Crippen molar-refractivity contribution in [2.45, 2.75) is 0 Å². The van der Waals surface area contributed by atoms with Crippen molar-refractivity contribution in [2.75, 3.05) is 7.11 Å². The molecule has 1 nitrogen and oxygen atoms in total. The van der Waals surface area contributed by atoms with Crippen LogP contribution in [0, 0.1) is 6.07 Å². The van der Waals surface area contributed by atoms with E-state index in [1.807, 2.05) is 36.4 Å². The Hall–Kier alpha value is -1.50. The van der Waals surface area contributed by atoms with Crippen LogP contribution in [0.2, 0.25) is 0 Å². The maximum atomic E-state index is 5.09. The zero-order chi connectivity index (χ0) is 8.39. The Morgan fingerprint density at radius 3 is 2.92 bits per heavy atom. The zero-order valence-corrected chi connectivity index (χ0v) is 6.87. The van der Waals surface area contributed by atoms with Gasteiger partial charge in [0, 0.05) is 0 Å². The molecule has 0 aromatic heterocycles. The number of rotatable bonds is 1.